The summed E-state index contributed by atoms with van der Waals surface area (Å²) in [6.45, 7) is -1.18. The number of ether oxygens (including phenoxy) is 2. The maximum Gasteiger partial charge on any atom is 0.410 e. The molecule has 0 aromatic carbocycles. The lowest BCUT2D eigenvalue weighted by atomic mass is 10.3. The Kier molecular flexibility index (Phi) is 5.10. The molecular weight excluding hydrogens is 244 g/mol. The molecule has 2 N–H and O–H groups in total. The van der Waals surface area contributed by atoms with Gasteiger partial charge in [0.25, 0.3) is 0 Å². The molecule has 0 radical (unpaired) electrons. The van der Waals surface area contributed by atoms with Crippen molar-refractivity contribution in [3.8, 4) is 0 Å². The first kappa shape index (κ1) is 13.4. The maximum atomic E-state index is 11.3. The molecule has 0 unspecified atom stereocenters. The van der Waals surface area contributed by atoms with Crippen LogP contribution in [0.4, 0.5) is 4.79 Å². The number of rotatable bonds is 5. The normalized spacial score (nSPS) is 9.33. The van der Waals surface area contributed by atoms with Gasteiger partial charge in [-0.3, -0.25) is 9.78 Å². The molecule has 0 fully saturated rings. The molecule has 1 heterocycles. The van der Waals surface area contributed by atoms with Crippen LogP contribution in [0.25, 0.3) is 0 Å². The average Bonchev–Trinajstić information content (AvgIpc) is 2.37. The van der Waals surface area contributed by atoms with E-state index in [1.54, 1.807) is 0 Å². The Morgan fingerprint density at radius 1 is 1.22 bits per heavy atom. The van der Waals surface area contributed by atoms with Crippen LogP contribution in [0.3, 0.4) is 0 Å². The number of hydrogen-bond donors (Lipinski definition) is 2. The maximum absolute atomic E-state index is 11.3. The van der Waals surface area contributed by atoms with Gasteiger partial charge in [0.15, 0.2) is 0 Å². The van der Waals surface area contributed by atoms with Gasteiger partial charge in [-0.2, -0.15) is 0 Å². The number of pyridine rings is 1. The molecule has 1 amide bonds. The fraction of sp³-hybridized carbons (Fsp3) is 0.200. The van der Waals surface area contributed by atoms with Crippen LogP contribution in [-0.2, 0) is 14.3 Å². The Morgan fingerprint density at radius 3 is 2.50 bits per heavy atom. The summed E-state index contributed by atoms with van der Waals surface area (Å²) in [6, 6.07) is 2.87. The van der Waals surface area contributed by atoms with E-state index in [4.69, 9.17) is 5.11 Å². The van der Waals surface area contributed by atoms with E-state index in [2.05, 4.69) is 14.5 Å². The third kappa shape index (κ3) is 4.92. The molecule has 96 valence electrons. The first-order valence-corrected chi connectivity index (χ1v) is 4.79. The summed E-state index contributed by atoms with van der Waals surface area (Å²) in [7, 11) is 0. The highest BCUT2D eigenvalue weighted by Crippen LogP contribution is 1.99. The number of carbonyl (C=O) groups excluding carboxylic acids is 2. The molecule has 0 saturated carbocycles. The Labute approximate surface area is 102 Å². The highest BCUT2D eigenvalue weighted by Gasteiger charge is 2.08. The first-order chi connectivity index (χ1) is 8.59. The molecule has 0 aliphatic rings. The number of amides is 1. The van der Waals surface area contributed by atoms with E-state index in [1.807, 2.05) is 5.32 Å². The van der Waals surface area contributed by atoms with Crippen molar-refractivity contribution in [1.82, 2.24) is 10.3 Å². The topological polar surface area (TPSA) is 115 Å². The number of hydrogen-bond acceptors (Lipinski definition) is 6. The number of esters is 1. The molecular formula is C10H10N2O6. The zero-order valence-corrected chi connectivity index (χ0v) is 9.16. The largest absolute Gasteiger partial charge is 0.480 e. The number of nitrogens with one attached hydrogen (secondary N) is 1. The highest BCUT2D eigenvalue weighted by atomic mass is 16.7. The fourth-order valence-electron chi connectivity index (χ4n) is 0.907. The van der Waals surface area contributed by atoms with Crippen molar-refractivity contribution in [3.63, 3.8) is 0 Å². The smallest absolute Gasteiger partial charge is 0.410 e. The second-order valence-corrected chi connectivity index (χ2v) is 2.96. The van der Waals surface area contributed by atoms with Crippen LogP contribution in [0.15, 0.2) is 24.5 Å². The van der Waals surface area contributed by atoms with Gasteiger partial charge in [0.05, 0.1) is 5.56 Å². The van der Waals surface area contributed by atoms with Crippen LogP contribution in [0.2, 0.25) is 0 Å². The van der Waals surface area contributed by atoms with Crippen LogP contribution in [0.1, 0.15) is 10.4 Å². The number of carboxylic acids is 1. The monoisotopic (exact) mass is 254 g/mol. The average molecular weight is 254 g/mol. The highest BCUT2D eigenvalue weighted by molar-refractivity contribution is 5.89. The lowest BCUT2D eigenvalue weighted by Crippen LogP contribution is -2.30. The summed E-state index contributed by atoms with van der Waals surface area (Å²) in [6.07, 6.45) is 1.84. The lowest BCUT2D eigenvalue weighted by molar-refractivity contribution is -0.135. The second kappa shape index (κ2) is 6.84. The van der Waals surface area contributed by atoms with Crippen LogP contribution in [0.5, 0.6) is 0 Å². The molecule has 0 saturated heterocycles. The van der Waals surface area contributed by atoms with Gasteiger partial charge >= 0.3 is 18.0 Å². The standard InChI is InChI=1S/C10H10N2O6/c13-8(14)5-12-10(16)18-6-17-9(15)7-1-3-11-4-2-7/h1-4H,5-6H2,(H,12,16)(H,13,14). The third-order valence-electron chi connectivity index (χ3n) is 1.68. The van der Waals surface area contributed by atoms with Crippen molar-refractivity contribution in [1.29, 1.82) is 0 Å². The number of aromatic nitrogens is 1. The van der Waals surface area contributed by atoms with Crippen LogP contribution >= 0.6 is 0 Å². The minimum Gasteiger partial charge on any atom is -0.480 e. The van der Waals surface area contributed by atoms with Crippen LogP contribution in [-0.4, -0.2) is 41.5 Å². The van der Waals surface area contributed by atoms with E-state index in [0.29, 0.717) is 0 Å². The summed E-state index contributed by atoms with van der Waals surface area (Å²) in [4.78, 5) is 36.0. The molecule has 8 heteroatoms. The van der Waals surface area contributed by atoms with Crippen molar-refractivity contribution in [2.45, 2.75) is 0 Å². The van der Waals surface area contributed by atoms with E-state index in [-0.39, 0.29) is 5.56 Å². The molecule has 1 aromatic rings. The summed E-state index contributed by atoms with van der Waals surface area (Å²) in [5.74, 6) is -1.89. The minimum atomic E-state index is -1.21. The minimum absolute atomic E-state index is 0.263. The van der Waals surface area contributed by atoms with E-state index < -0.39 is 31.4 Å². The van der Waals surface area contributed by atoms with E-state index in [0.717, 1.165) is 0 Å². The summed E-state index contributed by atoms with van der Waals surface area (Å²) in [5.41, 5.74) is 0.263. The number of carbonyl (C=O) groups is 3. The summed E-state index contributed by atoms with van der Waals surface area (Å²) >= 11 is 0. The Bertz CT molecular complexity index is 433. The zero-order valence-electron chi connectivity index (χ0n) is 9.16. The Balaban J connectivity index is 2.24. The number of aliphatic carboxylic acids is 1. The molecule has 0 bridgehead atoms. The van der Waals surface area contributed by atoms with Gasteiger partial charge < -0.3 is 19.9 Å². The van der Waals surface area contributed by atoms with E-state index in [1.165, 1.54) is 24.5 Å². The summed E-state index contributed by atoms with van der Waals surface area (Å²) in [5, 5.41) is 10.2. The SMILES string of the molecule is O=C(O)CNC(=O)OCOC(=O)c1ccncc1. The van der Waals surface area contributed by atoms with Crippen LogP contribution < -0.4 is 5.32 Å². The molecule has 0 spiro atoms. The zero-order chi connectivity index (χ0) is 13.4. The fourth-order valence-corrected chi connectivity index (χ4v) is 0.907. The predicted octanol–water partition coefficient (Wildman–Crippen LogP) is 0.00670. The molecule has 1 rings (SSSR count). The lowest BCUT2D eigenvalue weighted by Gasteiger charge is -2.06. The molecule has 0 aliphatic heterocycles. The first-order valence-electron chi connectivity index (χ1n) is 4.79. The third-order valence-corrected chi connectivity index (χ3v) is 1.68. The quantitative estimate of drug-likeness (QED) is 0.561. The number of alkyl carbamates (subject to hydrolysis) is 1. The van der Waals surface area contributed by atoms with Crippen molar-refractivity contribution < 1.29 is 29.0 Å². The van der Waals surface area contributed by atoms with Gasteiger partial charge in [0.1, 0.15) is 6.54 Å². The van der Waals surface area contributed by atoms with Crippen molar-refractivity contribution in [3.05, 3.63) is 30.1 Å². The van der Waals surface area contributed by atoms with Gasteiger partial charge in [-0.05, 0) is 12.1 Å². The van der Waals surface area contributed by atoms with Crippen molar-refractivity contribution in [2.75, 3.05) is 13.3 Å². The number of carboxylic acid groups (broad SMARTS) is 1. The van der Waals surface area contributed by atoms with Gasteiger partial charge in [0.2, 0.25) is 6.79 Å². The van der Waals surface area contributed by atoms with Crippen LogP contribution in [0, 0.1) is 0 Å². The molecule has 8 nitrogen and oxygen atoms in total. The molecule has 18 heavy (non-hydrogen) atoms. The second-order valence-electron chi connectivity index (χ2n) is 2.96. The Morgan fingerprint density at radius 2 is 1.89 bits per heavy atom. The molecule has 0 aliphatic carbocycles. The van der Waals surface area contributed by atoms with E-state index in [9.17, 15) is 14.4 Å². The molecule has 0 atom stereocenters. The predicted molar refractivity (Wildman–Crippen MR) is 56.6 cm³/mol. The number of nitrogens with zero attached hydrogens (tertiary/aromatic N) is 1. The van der Waals surface area contributed by atoms with Gasteiger partial charge in [-0.15, -0.1) is 0 Å². The van der Waals surface area contributed by atoms with Crippen molar-refractivity contribution in [2.24, 2.45) is 0 Å². The van der Waals surface area contributed by atoms with Gasteiger partial charge in [-0.1, -0.05) is 0 Å². The van der Waals surface area contributed by atoms with Gasteiger partial charge in [-0.25, -0.2) is 9.59 Å². The van der Waals surface area contributed by atoms with Gasteiger partial charge in [0, 0.05) is 12.4 Å². The summed E-state index contributed by atoms with van der Waals surface area (Å²) < 4.78 is 9.02. The van der Waals surface area contributed by atoms with Crippen molar-refractivity contribution >= 4 is 18.0 Å². The molecule has 1 aromatic heterocycles. The van der Waals surface area contributed by atoms with E-state index >= 15 is 0 Å². The Hall–Kier alpha value is -2.64.